The maximum absolute atomic E-state index is 6.04. The first kappa shape index (κ1) is 14.7. The molecule has 1 aliphatic heterocycles. The average Bonchev–Trinajstić information content (AvgIpc) is 3.18. The Morgan fingerprint density at radius 3 is 2.88 bits per heavy atom. The Hall–Kier alpha value is -2.67. The van der Waals surface area contributed by atoms with Gasteiger partial charge < -0.3 is 15.4 Å². The SMILES string of the molecule is N[C@H]1CCN(c2ccn3ncc(-c4cccnc4OC4CC4)c3n2)C1. The molecule has 1 aliphatic carbocycles. The van der Waals surface area contributed by atoms with Gasteiger partial charge in [-0.15, -0.1) is 0 Å². The molecule has 2 aliphatic rings. The van der Waals surface area contributed by atoms with Gasteiger partial charge in [-0.25, -0.2) is 14.5 Å². The molecule has 3 aromatic rings. The Morgan fingerprint density at radius 2 is 2.08 bits per heavy atom. The second-order valence-corrected chi connectivity index (χ2v) is 6.78. The van der Waals surface area contributed by atoms with Crippen molar-refractivity contribution in [2.24, 2.45) is 5.73 Å². The zero-order chi connectivity index (χ0) is 16.8. The first-order valence-electron chi connectivity index (χ1n) is 8.75. The van der Waals surface area contributed by atoms with Crippen molar-refractivity contribution in [2.75, 3.05) is 18.0 Å². The van der Waals surface area contributed by atoms with E-state index in [0.717, 1.165) is 54.9 Å². The van der Waals surface area contributed by atoms with Gasteiger partial charge in [-0.3, -0.25) is 0 Å². The van der Waals surface area contributed by atoms with Crippen LogP contribution < -0.4 is 15.4 Å². The Bertz CT molecular complexity index is 919. The summed E-state index contributed by atoms with van der Waals surface area (Å²) < 4.78 is 7.76. The fourth-order valence-electron chi connectivity index (χ4n) is 3.25. The summed E-state index contributed by atoms with van der Waals surface area (Å²) in [7, 11) is 0. The maximum Gasteiger partial charge on any atom is 0.221 e. The van der Waals surface area contributed by atoms with Crippen molar-refractivity contribution in [1.29, 1.82) is 0 Å². The van der Waals surface area contributed by atoms with E-state index in [1.54, 1.807) is 10.7 Å². The number of nitrogens with zero attached hydrogens (tertiary/aromatic N) is 5. The van der Waals surface area contributed by atoms with E-state index < -0.39 is 0 Å². The van der Waals surface area contributed by atoms with Crippen LogP contribution in [0.3, 0.4) is 0 Å². The molecule has 5 rings (SSSR count). The third-order valence-corrected chi connectivity index (χ3v) is 4.77. The standard InChI is InChI=1S/C18H20N6O/c19-12-5-8-23(11-12)16-6-9-24-17(22-16)15(10-21-24)14-2-1-7-20-18(14)25-13-3-4-13/h1-2,6-7,9-10,12-13H,3-5,8,11,19H2/t12-/m0/s1. The number of pyridine rings is 1. The second kappa shape index (κ2) is 5.70. The third-order valence-electron chi connectivity index (χ3n) is 4.77. The van der Waals surface area contributed by atoms with Crippen LogP contribution in [0.25, 0.3) is 16.8 Å². The number of anilines is 1. The molecule has 1 atom stereocenters. The smallest absolute Gasteiger partial charge is 0.221 e. The van der Waals surface area contributed by atoms with Gasteiger partial charge in [0.25, 0.3) is 0 Å². The zero-order valence-electron chi connectivity index (χ0n) is 13.9. The van der Waals surface area contributed by atoms with Crippen LogP contribution in [-0.2, 0) is 0 Å². The topological polar surface area (TPSA) is 81.6 Å². The molecule has 128 valence electrons. The Balaban J connectivity index is 1.57. The summed E-state index contributed by atoms with van der Waals surface area (Å²) in [4.78, 5) is 11.5. The highest BCUT2D eigenvalue weighted by molar-refractivity contribution is 5.80. The minimum atomic E-state index is 0.222. The quantitative estimate of drug-likeness (QED) is 0.783. The highest BCUT2D eigenvalue weighted by atomic mass is 16.5. The number of hydrogen-bond donors (Lipinski definition) is 1. The number of ether oxygens (including phenoxy) is 1. The number of hydrogen-bond acceptors (Lipinski definition) is 6. The molecule has 2 N–H and O–H groups in total. The van der Waals surface area contributed by atoms with E-state index in [1.165, 1.54) is 0 Å². The van der Waals surface area contributed by atoms with E-state index in [-0.39, 0.29) is 6.04 Å². The fourth-order valence-corrected chi connectivity index (χ4v) is 3.25. The summed E-state index contributed by atoms with van der Waals surface area (Å²) in [5.41, 5.74) is 8.72. The van der Waals surface area contributed by atoms with Gasteiger partial charge in [0.05, 0.1) is 11.8 Å². The van der Waals surface area contributed by atoms with Gasteiger partial charge in [0.2, 0.25) is 5.88 Å². The highest BCUT2D eigenvalue weighted by Crippen LogP contribution is 2.35. The second-order valence-electron chi connectivity index (χ2n) is 6.78. The molecule has 1 saturated heterocycles. The van der Waals surface area contributed by atoms with Crippen molar-refractivity contribution in [3.8, 4) is 17.0 Å². The van der Waals surface area contributed by atoms with Gasteiger partial charge in [0, 0.05) is 37.1 Å². The van der Waals surface area contributed by atoms with Gasteiger partial charge in [-0.05, 0) is 37.5 Å². The van der Waals surface area contributed by atoms with Gasteiger partial charge >= 0.3 is 0 Å². The zero-order valence-corrected chi connectivity index (χ0v) is 13.9. The summed E-state index contributed by atoms with van der Waals surface area (Å²) in [5.74, 6) is 1.60. The third kappa shape index (κ3) is 2.70. The lowest BCUT2D eigenvalue weighted by Gasteiger charge is -2.17. The summed E-state index contributed by atoms with van der Waals surface area (Å²) >= 11 is 0. The first-order valence-corrected chi connectivity index (χ1v) is 8.75. The number of aromatic nitrogens is 4. The van der Waals surface area contributed by atoms with E-state index in [2.05, 4.69) is 15.0 Å². The molecule has 4 heterocycles. The van der Waals surface area contributed by atoms with E-state index in [1.807, 2.05) is 30.6 Å². The lowest BCUT2D eigenvalue weighted by molar-refractivity contribution is 0.292. The van der Waals surface area contributed by atoms with Crippen LogP contribution in [0.4, 0.5) is 5.82 Å². The van der Waals surface area contributed by atoms with E-state index in [9.17, 15) is 0 Å². The van der Waals surface area contributed by atoms with Crippen LogP contribution in [0, 0.1) is 0 Å². The molecule has 0 bridgehead atoms. The van der Waals surface area contributed by atoms with Crippen molar-refractivity contribution in [2.45, 2.75) is 31.4 Å². The fraction of sp³-hybridized carbons (Fsp3) is 0.389. The van der Waals surface area contributed by atoms with E-state index >= 15 is 0 Å². The number of rotatable bonds is 4. The summed E-state index contributed by atoms with van der Waals surface area (Å²) in [5, 5.41) is 4.44. The van der Waals surface area contributed by atoms with Gasteiger partial charge in [0.15, 0.2) is 5.65 Å². The normalized spacial score (nSPS) is 20.4. The lowest BCUT2D eigenvalue weighted by Crippen LogP contribution is -2.26. The molecule has 7 heteroatoms. The summed E-state index contributed by atoms with van der Waals surface area (Å²) in [6.45, 7) is 1.78. The largest absolute Gasteiger partial charge is 0.474 e. The highest BCUT2D eigenvalue weighted by Gasteiger charge is 2.26. The number of fused-ring (bicyclic) bond motifs is 1. The van der Waals surface area contributed by atoms with Gasteiger partial charge in [0.1, 0.15) is 11.9 Å². The van der Waals surface area contributed by atoms with E-state index in [0.29, 0.717) is 12.0 Å². The van der Waals surface area contributed by atoms with Crippen molar-refractivity contribution < 1.29 is 4.74 Å². The molecule has 0 spiro atoms. The van der Waals surface area contributed by atoms with Crippen molar-refractivity contribution in [3.05, 3.63) is 36.8 Å². The molecule has 2 fully saturated rings. The molecule has 0 aromatic carbocycles. The maximum atomic E-state index is 6.04. The molecule has 3 aromatic heterocycles. The first-order chi connectivity index (χ1) is 12.3. The molecule has 0 radical (unpaired) electrons. The minimum absolute atomic E-state index is 0.222. The molecular formula is C18H20N6O. The van der Waals surface area contributed by atoms with Crippen LogP contribution in [0.5, 0.6) is 5.88 Å². The lowest BCUT2D eigenvalue weighted by atomic mass is 10.1. The van der Waals surface area contributed by atoms with Gasteiger partial charge in [-0.2, -0.15) is 5.10 Å². The van der Waals surface area contributed by atoms with Crippen LogP contribution in [0.15, 0.2) is 36.8 Å². The predicted molar refractivity (Wildman–Crippen MR) is 94.7 cm³/mol. The van der Waals surface area contributed by atoms with Crippen molar-refractivity contribution >= 4 is 11.5 Å². The predicted octanol–water partition coefficient (Wildman–Crippen LogP) is 1.87. The monoisotopic (exact) mass is 336 g/mol. The van der Waals surface area contributed by atoms with E-state index in [4.69, 9.17) is 15.5 Å². The summed E-state index contributed by atoms with van der Waals surface area (Å²) in [6, 6.07) is 6.15. The summed E-state index contributed by atoms with van der Waals surface area (Å²) in [6.07, 6.45) is 9.04. The molecule has 7 nitrogen and oxygen atoms in total. The Kier molecular flexibility index (Phi) is 3.34. The molecule has 0 amide bonds. The minimum Gasteiger partial charge on any atom is -0.474 e. The van der Waals surface area contributed by atoms with Crippen molar-refractivity contribution in [1.82, 2.24) is 19.6 Å². The van der Waals surface area contributed by atoms with Crippen LogP contribution >= 0.6 is 0 Å². The molecule has 0 unspecified atom stereocenters. The molecule has 1 saturated carbocycles. The molecular weight excluding hydrogens is 316 g/mol. The van der Waals surface area contributed by atoms with Crippen LogP contribution in [-0.4, -0.2) is 44.8 Å². The van der Waals surface area contributed by atoms with Crippen molar-refractivity contribution in [3.63, 3.8) is 0 Å². The number of nitrogens with two attached hydrogens (primary N) is 1. The Labute approximate surface area is 145 Å². The van der Waals surface area contributed by atoms with Gasteiger partial charge in [-0.1, -0.05) is 0 Å². The molecule has 25 heavy (non-hydrogen) atoms. The van der Waals surface area contributed by atoms with Crippen LogP contribution in [0.2, 0.25) is 0 Å². The Morgan fingerprint density at radius 1 is 1.16 bits per heavy atom. The van der Waals surface area contributed by atoms with Crippen LogP contribution in [0.1, 0.15) is 19.3 Å². The average molecular weight is 336 g/mol.